The molecule has 0 atom stereocenters. The number of carbonyl (C=O) groups is 21. The van der Waals surface area contributed by atoms with Crippen LogP contribution in [0.15, 0.2) is 111 Å². The van der Waals surface area contributed by atoms with E-state index < -0.39 is 70.5 Å². The maximum atomic E-state index is 11.9. The van der Waals surface area contributed by atoms with Crippen molar-refractivity contribution in [1.82, 2.24) is 16.0 Å². The molecular formula is C99H141N3O39. The SMILES string of the molecule is C=CC(=O)OCCOC(=O)CCCCCOC(=O)CC(=O)NCCC.C=CC(=O)OCCOC(=O)CCCCCOC(=O)CC(C)=O.C=CC(=O)OCCOC(=O)CCCCCOC(=O)CC(C)=O.CC(=O)CC(=O)OCCOc1ccc(C(=O)C(C)(C)O)cc1.CCCNC(=O)CC(=O)OCCOc1ccc(C(=O)C(C)(C)O)cc1.CCCNC(=O)CC(=O)OCCOc1ccc(C(=O)C(C)(C)O)cc1. The Kier molecular flexibility index (Phi) is 74.6. The number of hydrogen-bond donors (Lipinski definition) is 6. The summed E-state index contributed by atoms with van der Waals surface area (Å²) in [4.78, 5) is 235. The molecule has 42 nitrogen and oxygen atoms in total. The van der Waals surface area contributed by atoms with Gasteiger partial charge >= 0.3 is 71.6 Å². The third-order valence-electron chi connectivity index (χ3n) is 16.8. The van der Waals surface area contributed by atoms with Gasteiger partial charge in [0, 0.05) is 73.8 Å². The summed E-state index contributed by atoms with van der Waals surface area (Å²) in [7, 11) is 0. The molecule has 0 heterocycles. The van der Waals surface area contributed by atoms with Gasteiger partial charge in [-0.1, -0.05) is 40.5 Å². The van der Waals surface area contributed by atoms with Crippen LogP contribution in [0.3, 0.4) is 0 Å². The Hall–Kier alpha value is -13.8. The van der Waals surface area contributed by atoms with E-state index in [9.17, 15) is 116 Å². The first kappa shape index (κ1) is 131. The molecule has 0 fully saturated rings. The fourth-order valence-electron chi connectivity index (χ4n) is 9.89. The van der Waals surface area contributed by atoms with E-state index in [0.717, 1.165) is 37.5 Å². The molecule has 42 heteroatoms. The Morgan fingerprint density at radius 1 is 0.262 bits per heavy atom. The van der Waals surface area contributed by atoms with Gasteiger partial charge in [-0.3, -0.25) is 86.3 Å². The van der Waals surface area contributed by atoms with Crippen molar-refractivity contribution in [3.63, 3.8) is 0 Å². The Morgan fingerprint density at radius 3 is 0.652 bits per heavy atom. The molecule has 0 aliphatic rings. The van der Waals surface area contributed by atoms with Crippen LogP contribution in [0.1, 0.15) is 249 Å². The van der Waals surface area contributed by atoms with E-state index in [1.54, 1.807) is 72.8 Å². The van der Waals surface area contributed by atoms with Gasteiger partial charge < -0.3 is 102 Å². The molecule has 0 aliphatic heterocycles. The highest BCUT2D eigenvalue weighted by Gasteiger charge is 2.28. The molecule has 0 radical (unpaired) electrons. The van der Waals surface area contributed by atoms with E-state index in [0.29, 0.717) is 111 Å². The molecule has 0 unspecified atom stereocenters. The van der Waals surface area contributed by atoms with Gasteiger partial charge in [0.1, 0.15) is 169 Å². The number of rotatable bonds is 66. The van der Waals surface area contributed by atoms with Crippen LogP contribution in [-0.4, -0.2) is 275 Å². The van der Waals surface area contributed by atoms with Crippen molar-refractivity contribution in [3.05, 3.63) is 127 Å². The average Bonchev–Trinajstić information content (AvgIpc) is 0.856. The van der Waals surface area contributed by atoms with E-state index in [2.05, 4.69) is 49.9 Å². The number of unbranched alkanes of at least 4 members (excludes halogenated alkanes) is 6. The van der Waals surface area contributed by atoms with Gasteiger partial charge in [0.25, 0.3) is 0 Å². The zero-order valence-corrected chi connectivity index (χ0v) is 82.9. The van der Waals surface area contributed by atoms with Crippen LogP contribution in [0.25, 0.3) is 0 Å². The van der Waals surface area contributed by atoms with Crippen molar-refractivity contribution in [2.75, 3.05) is 119 Å². The Bertz CT molecular complexity index is 4200. The summed E-state index contributed by atoms with van der Waals surface area (Å²) in [5, 5.41) is 36.8. The molecule has 0 saturated carbocycles. The topological polar surface area (TPSA) is 594 Å². The van der Waals surface area contributed by atoms with Crippen molar-refractivity contribution < 1.29 is 187 Å². The summed E-state index contributed by atoms with van der Waals surface area (Å²) in [6.45, 7) is 30.8. The third kappa shape index (κ3) is 78.8. The molecule has 0 spiro atoms. The predicted octanol–water partition coefficient (Wildman–Crippen LogP) is 8.46. The number of amides is 3. The Morgan fingerprint density at radius 2 is 0.454 bits per heavy atom. The van der Waals surface area contributed by atoms with Gasteiger partial charge in [0.15, 0.2) is 17.3 Å². The summed E-state index contributed by atoms with van der Waals surface area (Å²) in [5.41, 5.74) is -3.14. The van der Waals surface area contributed by atoms with E-state index in [1.807, 2.05) is 20.8 Å². The highest BCUT2D eigenvalue weighted by molar-refractivity contribution is 6.03. The molecule has 3 amide bonds. The quantitative estimate of drug-likeness (QED) is 0.00770. The van der Waals surface area contributed by atoms with Crippen molar-refractivity contribution >= 4 is 124 Å². The number of benzene rings is 3. The second kappa shape index (κ2) is 80.1. The second-order valence-corrected chi connectivity index (χ2v) is 31.5. The van der Waals surface area contributed by atoms with Crippen LogP contribution < -0.4 is 30.2 Å². The van der Waals surface area contributed by atoms with Crippen molar-refractivity contribution in [1.29, 1.82) is 0 Å². The lowest BCUT2D eigenvalue weighted by atomic mass is 9.97. The summed E-state index contributed by atoms with van der Waals surface area (Å²) >= 11 is 0. The van der Waals surface area contributed by atoms with Gasteiger partial charge in [-0.05, 0) is 212 Å². The summed E-state index contributed by atoms with van der Waals surface area (Å²) in [6, 6.07) is 18.9. The van der Waals surface area contributed by atoms with E-state index >= 15 is 0 Å². The first-order valence-electron chi connectivity index (χ1n) is 45.6. The zero-order chi connectivity index (χ0) is 107. The maximum absolute atomic E-state index is 11.9. The molecular weight excluding hydrogens is 1860 g/mol. The maximum Gasteiger partial charge on any atom is 0.330 e. The standard InChI is InChI=1S/2C18H25NO6.C17H27NO7.C16H20O6.2C15H22O7/c2*1-4-9-19-15(20)12-16(21)25-11-10-24-14-7-5-13(6-8-14)17(22)18(2,3)23;1-3-9-18-14(19)13-17(22)23-10-7-5-6-8-16(21)25-12-11-24-15(20)4-2;1-11(17)10-14(18)22-9-8-21-13-6-4-12(5-7-13)15(19)16(2,3)20;2*1-3-13(17)21-9-10-22-14(18)7-5-4-6-8-20-15(19)11-12(2)16/h2*5-8,23H,4,9-12H2,1-3H3,(H,19,20);4H,2-3,5-13H2,1H3,(H,18,19);4-7,20H,8-10H2,1-3H3;2*3H,1,4-11H2,2H3. The van der Waals surface area contributed by atoms with Gasteiger partial charge in [-0.15, -0.1) is 0 Å². The number of ketones is 6. The lowest BCUT2D eigenvalue weighted by Crippen LogP contribution is -2.31. The minimum atomic E-state index is -1.43. The van der Waals surface area contributed by atoms with Gasteiger partial charge in [0.2, 0.25) is 17.7 Å². The monoisotopic (exact) mass is 2000 g/mol. The van der Waals surface area contributed by atoms with Crippen LogP contribution in [0, 0.1) is 0 Å². The highest BCUT2D eigenvalue weighted by Crippen LogP contribution is 2.21. The Balaban J connectivity index is -0.00000162. The van der Waals surface area contributed by atoms with Crippen LogP contribution in [-0.2, 0) is 143 Å². The molecule has 3 aromatic carbocycles. The van der Waals surface area contributed by atoms with E-state index in [1.165, 1.54) is 62.3 Å². The molecule has 0 aromatic heterocycles. The predicted molar refractivity (Wildman–Crippen MR) is 505 cm³/mol. The summed E-state index contributed by atoms with van der Waals surface area (Å²) in [5.74, 6) is -7.60. The number of aliphatic hydroxyl groups is 3. The fraction of sp³-hybridized carbons (Fsp3) is 0.545. The number of nitrogens with one attached hydrogen (secondary N) is 3. The largest absolute Gasteiger partial charge is 0.490 e. The molecule has 786 valence electrons. The highest BCUT2D eigenvalue weighted by atomic mass is 16.6. The molecule has 141 heavy (non-hydrogen) atoms. The van der Waals surface area contributed by atoms with E-state index in [4.69, 9.17) is 56.8 Å². The van der Waals surface area contributed by atoms with Gasteiger partial charge in [0.05, 0.1) is 19.8 Å². The average molecular weight is 2000 g/mol. The van der Waals surface area contributed by atoms with Gasteiger partial charge in [-0.2, -0.15) is 0 Å². The van der Waals surface area contributed by atoms with Crippen LogP contribution in [0.4, 0.5) is 0 Å². The lowest BCUT2D eigenvalue weighted by molar-refractivity contribution is -0.150. The Labute approximate surface area is 821 Å². The van der Waals surface area contributed by atoms with Crippen molar-refractivity contribution in [3.8, 4) is 17.2 Å². The molecule has 3 aromatic rings. The number of hydrogen-bond acceptors (Lipinski definition) is 39. The van der Waals surface area contributed by atoms with Crippen LogP contribution in [0.2, 0.25) is 0 Å². The molecule has 0 saturated heterocycles. The number of ether oxygens (including phenoxy) is 15. The number of Topliss-reactive ketones (excluding diaryl/α,β-unsaturated/α-hetero) is 6. The summed E-state index contributed by atoms with van der Waals surface area (Å²) < 4.78 is 73.9. The van der Waals surface area contributed by atoms with Crippen molar-refractivity contribution in [2.24, 2.45) is 0 Å². The lowest BCUT2D eigenvalue weighted by Gasteiger charge is -2.15. The fourth-order valence-corrected chi connectivity index (χ4v) is 9.89. The van der Waals surface area contributed by atoms with Crippen LogP contribution in [0.5, 0.6) is 17.2 Å². The zero-order valence-electron chi connectivity index (χ0n) is 82.9. The second-order valence-electron chi connectivity index (χ2n) is 31.5. The summed E-state index contributed by atoms with van der Waals surface area (Å²) in [6.07, 6.45) is 10.4. The molecule has 0 bridgehead atoms. The smallest absolute Gasteiger partial charge is 0.330 e. The van der Waals surface area contributed by atoms with Gasteiger partial charge in [-0.25, -0.2) is 14.4 Å². The first-order chi connectivity index (χ1) is 66.6. The minimum Gasteiger partial charge on any atom is -0.490 e. The normalized spacial score (nSPS) is 10.3. The minimum absolute atomic E-state index is 0.00161. The molecule has 3 rings (SSSR count). The van der Waals surface area contributed by atoms with Crippen molar-refractivity contribution in [2.45, 2.75) is 235 Å². The third-order valence-corrected chi connectivity index (χ3v) is 16.8. The number of carbonyl (C=O) groups excluding carboxylic acids is 21. The van der Waals surface area contributed by atoms with Crippen LogP contribution >= 0.6 is 0 Å². The molecule has 6 N–H and O–H groups in total. The first-order valence-corrected chi connectivity index (χ1v) is 45.6. The molecule has 0 aliphatic carbocycles. The number of esters is 12. The van der Waals surface area contributed by atoms with E-state index in [-0.39, 0.29) is 227 Å².